The molecule has 0 saturated carbocycles. The standard InChI is InChI=1S/C29H33N3O4S/c1-22(2)18-32-26(17-30-29(32)37(34,35)21-25-12-7-9-23(3)15-25)19-31(20-27-13-8-14-36-27)28(33)16-24-10-5-4-6-11-24/h4-15,17,22H,16,18-21H2,1-3H3. The molecule has 1 amide bonds. The van der Waals surface area contributed by atoms with Gasteiger partial charge in [0, 0.05) is 6.54 Å². The highest BCUT2D eigenvalue weighted by Gasteiger charge is 2.26. The minimum absolute atomic E-state index is 0.0335. The maximum atomic E-state index is 13.5. The highest BCUT2D eigenvalue weighted by molar-refractivity contribution is 7.90. The van der Waals surface area contributed by atoms with Gasteiger partial charge >= 0.3 is 0 Å². The molecule has 0 aliphatic rings. The Morgan fingerprint density at radius 1 is 1.00 bits per heavy atom. The van der Waals surface area contributed by atoms with Crippen molar-refractivity contribution >= 4 is 15.7 Å². The maximum absolute atomic E-state index is 13.5. The van der Waals surface area contributed by atoms with Gasteiger partial charge in [-0.1, -0.05) is 74.0 Å². The second-order valence-electron chi connectivity index (χ2n) is 9.78. The van der Waals surface area contributed by atoms with Crippen LogP contribution in [0.3, 0.4) is 0 Å². The van der Waals surface area contributed by atoms with Crippen LogP contribution in [0.25, 0.3) is 0 Å². The topological polar surface area (TPSA) is 85.4 Å². The number of benzene rings is 2. The van der Waals surface area contributed by atoms with E-state index in [0.29, 0.717) is 18.0 Å². The molecule has 0 aliphatic carbocycles. The molecular weight excluding hydrogens is 486 g/mol. The van der Waals surface area contributed by atoms with E-state index in [9.17, 15) is 13.2 Å². The van der Waals surface area contributed by atoms with E-state index in [4.69, 9.17) is 4.42 Å². The molecule has 0 spiro atoms. The quantitative estimate of drug-likeness (QED) is 0.272. The van der Waals surface area contributed by atoms with E-state index in [-0.39, 0.29) is 42.2 Å². The predicted molar refractivity (Wildman–Crippen MR) is 142 cm³/mol. The Morgan fingerprint density at radius 3 is 2.43 bits per heavy atom. The van der Waals surface area contributed by atoms with Crippen LogP contribution >= 0.6 is 0 Å². The lowest BCUT2D eigenvalue weighted by Crippen LogP contribution is -2.32. The number of sulfone groups is 1. The number of rotatable bonds is 11. The molecule has 4 aromatic rings. The van der Waals surface area contributed by atoms with Crippen molar-refractivity contribution in [3.63, 3.8) is 0 Å². The van der Waals surface area contributed by atoms with Crippen LogP contribution in [0.4, 0.5) is 0 Å². The van der Waals surface area contributed by atoms with Crippen molar-refractivity contribution < 1.29 is 17.6 Å². The molecule has 0 fully saturated rings. The molecule has 4 rings (SSSR count). The summed E-state index contributed by atoms with van der Waals surface area (Å²) in [6.07, 6.45) is 3.39. The van der Waals surface area contributed by atoms with Gasteiger partial charge in [-0.15, -0.1) is 0 Å². The molecule has 0 aliphatic heterocycles. The molecule has 7 nitrogen and oxygen atoms in total. The highest BCUT2D eigenvalue weighted by atomic mass is 32.2. The van der Waals surface area contributed by atoms with Crippen LogP contribution in [-0.2, 0) is 46.4 Å². The van der Waals surface area contributed by atoms with Crippen molar-refractivity contribution in [2.45, 2.75) is 57.7 Å². The zero-order chi connectivity index (χ0) is 26.4. The molecule has 2 aromatic carbocycles. The van der Waals surface area contributed by atoms with Gasteiger partial charge in [0.1, 0.15) is 5.76 Å². The SMILES string of the molecule is Cc1cccc(CS(=O)(=O)c2ncc(CN(Cc3ccco3)C(=O)Cc3ccccc3)n2CC(C)C)c1. The second-order valence-corrected chi connectivity index (χ2v) is 11.7. The number of imidazole rings is 1. The fourth-order valence-electron chi connectivity index (χ4n) is 4.31. The fourth-order valence-corrected chi connectivity index (χ4v) is 5.80. The van der Waals surface area contributed by atoms with Crippen LogP contribution in [-0.4, -0.2) is 28.8 Å². The van der Waals surface area contributed by atoms with Gasteiger partial charge in [-0.2, -0.15) is 0 Å². The Morgan fingerprint density at radius 2 is 1.76 bits per heavy atom. The molecular formula is C29H33N3O4S. The van der Waals surface area contributed by atoms with E-state index in [1.807, 2.05) is 81.4 Å². The summed E-state index contributed by atoms with van der Waals surface area (Å²) in [5, 5.41) is 0.0335. The van der Waals surface area contributed by atoms with Gasteiger partial charge in [0.05, 0.1) is 43.4 Å². The average Bonchev–Trinajstić information content (AvgIpc) is 3.49. The molecule has 0 bridgehead atoms. The van der Waals surface area contributed by atoms with Crippen LogP contribution in [0.5, 0.6) is 0 Å². The van der Waals surface area contributed by atoms with Crippen LogP contribution in [0.2, 0.25) is 0 Å². The number of hydrogen-bond donors (Lipinski definition) is 0. The predicted octanol–water partition coefficient (Wildman–Crippen LogP) is 5.19. The molecule has 2 heterocycles. The third kappa shape index (κ3) is 6.98. The highest BCUT2D eigenvalue weighted by Crippen LogP contribution is 2.22. The molecule has 37 heavy (non-hydrogen) atoms. The van der Waals surface area contributed by atoms with E-state index in [1.54, 1.807) is 28.0 Å². The fraction of sp³-hybridized carbons (Fsp3) is 0.310. The monoisotopic (exact) mass is 519 g/mol. The maximum Gasteiger partial charge on any atom is 0.228 e. The van der Waals surface area contributed by atoms with Crippen molar-refractivity contribution in [2.24, 2.45) is 5.92 Å². The van der Waals surface area contributed by atoms with Gasteiger partial charge < -0.3 is 13.9 Å². The minimum Gasteiger partial charge on any atom is -0.467 e. The number of hydrogen-bond acceptors (Lipinski definition) is 5. The summed E-state index contributed by atoms with van der Waals surface area (Å²) in [7, 11) is -3.71. The van der Waals surface area contributed by atoms with Crippen molar-refractivity contribution in [3.05, 3.63) is 107 Å². The average molecular weight is 520 g/mol. The van der Waals surface area contributed by atoms with Crippen molar-refractivity contribution in [3.8, 4) is 0 Å². The van der Waals surface area contributed by atoms with E-state index in [1.165, 1.54) is 0 Å². The van der Waals surface area contributed by atoms with Crippen LogP contribution in [0.15, 0.2) is 88.8 Å². The first-order valence-electron chi connectivity index (χ1n) is 12.4. The van der Waals surface area contributed by atoms with Gasteiger partial charge in [0.2, 0.25) is 20.9 Å². The summed E-state index contributed by atoms with van der Waals surface area (Å²) in [4.78, 5) is 19.4. The van der Waals surface area contributed by atoms with Gasteiger partial charge in [0.15, 0.2) is 0 Å². The van der Waals surface area contributed by atoms with Gasteiger partial charge in [-0.3, -0.25) is 4.79 Å². The first-order chi connectivity index (χ1) is 17.7. The van der Waals surface area contributed by atoms with Gasteiger partial charge in [-0.25, -0.2) is 13.4 Å². The van der Waals surface area contributed by atoms with E-state index in [0.717, 1.165) is 16.7 Å². The Labute approximate surface area is 218 Å². The number of amides is 1. The molecule has 194 valence electrons. The molecule has 8 heteroatoms. The largest absolute Gasteiger partial charge is 0.467 e. The normalized spacial score (nSPS) is 11.7. The number of carbonyl (C=O) groups excluding carboxylic acids is 1. The minimum atomic E-state index is -3.71. The lowest BCUT2D eigenvalue weighted by molar-refractivity contribution is -0.132. The molecule has 0 saturated heterocycles. The summed E-state index contributed by atoms with van der Waals surface area (Å²) < 4.78 is 34.2. The third-order valence-corrected chi connectivity index (χ3v) is 7.59. The Balaban J connectivity index is 1.65. The van der Waals surface area contributed by atoms with Crippen LogP contribution in [0, 0.1) is 12.8 Å². The van der Waals surface area contributed by atoms with E-state index >= 15 is 0 Å². The summed E-state index contributed by atoms with van der Waals surface area (Å²) in [5.74, 6) is 0.624. The lowest BCUT2D eigenvalue weighted by Gasteiger charge is -2.23. The zero-order valence-electron chi connectivity index (χ0n) is 21.5. The van der Waals surface area contributed by atoms with Gasteiger partial charge in [-0.05, 0) is 36.1 Å². The zero-order valence-corrected chi connectivity index (χ0v) is 22.3. The number of aryl methyl sites for hydroxylation is 1. The Hall–Kier alpha value is -3.65. The Kier molecular flexibility index (Phi) is 8.28. The lowest BCUT2D eigenvalue weighted by atomic mass is 10.1. The first kappa shape index (κ1) is 26.4. The number of furan rings is 1. The van der Waals surface area contributed by atoms with Crippen molar-refractivity contribution in [1.29, 1.82) is 0 Å². The molecule has 0 unspecified atom stereocenters. The van der Waals surface area contributed by atoms with Crippen molar-refractivity contribution in [1.82, 2.24) is 14.5 Å². The molecule has 2 aromatic heterocycles. The van der Waals surface area contributed by atoms with E-state index < -0.39 is 9.84 Å². The first-order valence-corrected chi connectivity index (χ1v) is 14.0. The summed E-state index contributed by atoms with van der Waals surface area (Å²) in [5.41, 5.74) is 3.31. The summed E-state index contributed by atoms with van der Waals surface area (Å²) in [6.45, 7) is 6.96. The van der Waals surface area contributed by atoms with Gasteiger partial charge in [0.25, 0.3) is 0 Å². The summed E-state index contributed by atoms with van der Waals surface area (Å²) >= 11 is 0. The van der Waals surface area contributed by atoms with Crippen molar-refractivity contribution in [2.75, 3.05) is 0 Å². The molecule has 0 N–H and O–H groups in total. The summed E-state index contributed by atoms with van der Waals surface area (Å²) in [6, 6.07) is 20.7. The third-order valence-electron chi connectivity index (χ3n) is 6.00. The van der Waals surface area contributed by atoms with Crippen LogP contribution < -0.4 is 0 Å². The Bertz CT molecular complexity index is 1430. The number of aromatic nitrogens is 2. The smallest absolute Gasteiger partial charge is 0.228 e. The number of nitrogens with zero attached hydrogens (tertiary/aromatic N) is 3. The second kappa shape index (κ2) is 11.6. The van der Waals surface area contributed by atoms with Crippen LogP contribution in [0.1, 0.15) is 42.0 Å². The molecule has 0 radical (unpaired) electrons. The number of carbonyl (C=O) groups is 1. The molecule has 0 atom stereocenters. The van der Waals surface area contributed by atoms with E-state index in [2.05, 4.69) is 4.98 Å².